The molecular formula is C10H19NO3. The van der Waals surface area contributed by atoms with Crippen molar-refractivity contribution in [1.82, 2.24) is 4.90 Å². The Morgan fingerprint density at radius 1 is 1.57 bits per heavy atom. The van der Waals surface area contributed by atoms with Gasteiger partial charge in [-0.2, -0.15) is 0 Å². The van der Waals surface area contributed by atoms with E-state index in [0.29, 0.717) is 13.0 Å². The Bertz CT molecular complexity index is 182. The Balaban J connectivity index is 2.41. The monoisotopic (exact) mass is 201 g/mol. The van der Waals surface area contributed by atoms with Gasteiger partial charge in [-0.05, 0) is 19.4 Å². The quantitative estimate of drug-likeness (QED) is 0.669. The van der Waals surface area contributed by atoms with E-state index >= 15 is 0 Å². The molecule has 1 unspecified atom stereocenters. The summed E-state index contributed by atoms with van der Waals surface area (Å²) >= 11 is 0. The van der Waals surface area contributed by atoms with Gasteiger partial charge in [-0.1, -0.05) is 6.42 Å². The summed E-state index contributed by atoms with van der Waals surface area (Å²) in [7, 11) is 1.42. The van der Waals surface area contributed by atoms with E-state index < -0.39 is 0 Å². The number of hydrogen-bond acceptors (Lipinski definition) is 4. The number of rotatable bonds is 4. The fourth-order valence-corrected chi connectivity index (χ4v) is 1.99. The molecule has 1 rings (SSSR count). The van der Waals surface area contributed by atoms with Crippen LogP contribution in [0.2, 0.25) is 0 Å². The third kappa shape index (κ3) is 3.27. The fraction of sp³-hybridized carbons (Fsp3) is 0.900. The Labute approximate surface area is 84.8 Å². The Morgan fingerprint density at radius 3 is 3.00 bits per heavy atom. The van der Waals surface area contributed by atoms with Gasteiger partial charge in [-0.25, -0.2) is 0 Å². The normalized spacial score (nSPS) is 23.4. The number of aliphatic hydroxyl groups is 1. The molecule has 0 aromatic heterocycles. The van der Waals surface area contributed by atoms with E-state index in [0.717, 1.165) is 19.4 Å². The van der Waals surface area contributed by atoms with Crippen molar-refractivity contribution in [2.75, 3.05) is 26.8 Å². The maximum Gasteiger partial charge on any atom is 0.307 e. The molecule has 1 saturated heterocycles. The largest absolute Gasteiger partial charge is 0.469 e. The summed E-state index contributed by atoms with van der Waals surface area (Å²) in [6.45, 7) is 1.82. The van der Waals surface area contributed by atoms with E-state index in [4.69, 9.17) is 5.11 Å². The summed E-state index contributed by atoms with van der Waals surface area (Å²) in [6.07, 6.45) is 3.83. The third-order valence-corrected chi connectivity index (χ3v) is 2.77. The third-order valence-electron chi connectivity index (χ3n) is 2.77. The van der Waals surface area contributed by atoms with Crippen LogP contribution in [0.4, 0.5) is 0 Å². The van der Waals surface area contributed by atoms with Crippen molar-refractivity contribution in [3.63, 3.8) is 0 Å². The average Bonchev–Trinajstić information content (AvgIpc) is 2.21. The molecule has 0 radical (unpaired) electrons. The summed E-state index contributed by atoms with van der Waals surface area (Å²) < 4.78 is 4.65. The number of nitrogens with zero attached hydrogens (tertiary/aromatic N) is 1. The van der Waals surface area contributed by atoms with Crippen LogP contribution >= 0.6 is 0 Å². The first-order valence-electron chi connectivity index (χ1n) is 5.19. The number of hydrogen-bond donors (Lipinski definition) is 1. The Morgan fingerprint density at radius 2 is 2.36 bits per heavy atom. The molecule has 0 bridgehead atoms. The van der Waals surface area contributed by atoms with Crippen LogP contribution in [-0.2, 0) is 9.53 Å². The molecule has 82 valence electrons. The molecule has 1 fully saturated rings. The van der Waals surface area contributed by atoms with Crippen LogP contribution in [0, 0.1) is 0 Å². The van der Waals surface area contributed by atoms with Gasteiger partial charge in [-0.15, -0.1) is 0 Å². The van der Waals surface area contributed by atoms with Crippen LogP contribution < -0.4 is 0 Å². The Kier molecular flexibility index (Phi) is 4.90. The highest BCUT2D eigenvalue weighted by atomic mass is 16.5. The highest BCUT2D eigenvalue weighted by Crippen LogP contribution is 2.19. The number of piperidine rings is 1. The van der Waals surface area contributed by atoms with Crippen LogP contribution in [-0.4, -0.2) is 48.8 Å². The van der Waals surface area contributed by atoms with Crippen molar-refractivity contribution in [2.45, 2.75) is 31.7 Å². The van der Waals surface area contributed by atoms with Crippen LogP contribution in [0.3, 0.4) is 0 Å². The predicted molar refractivity (Wildman–Crippen MR) is 52.9 cm³/mol. The fourth-order valence-electron chi connectivity index (χ4n) is 1.99. The lowest BCUT2D eigenvalue weighted by Crippen LogP contribution is -2.42. The lowest BCUT2D eigenvalue weighted by atomic mass is 9.99. The summed E-state index contributed by atoms with van der Waals surface area (Å²) in [4.78, 5) is 13.3. The van der Waals surface area contributed by atoms with Crippen molar-refractivity contribution in [1.29, 1.82) is 0 Å². The zero-order valence-electron chi connectivity index (χ0n) is 8.74. The molecule has 0 spiro atoms. The highest BCUT2D eigenvalue weighted by molar-refractivity contribution is 5.69. The maximum absolute atomic E-state index is 11.1. The number of carbonyl (C=O) groups excluding carboxylic acids is 1. The first-order chi connectivity index (χ1) is 6.77. The molecule has 1 N–H and O–H groups in total. The van der Waals surface area contributed by atoms with Crippen molar-refractivity contribution in [3.05, 3.63) is 0 Å². The van der Waals surface area contributed by atoms with Crippen molar-refractivity contribution < 1.29 is 14.6 Å². The van der Waals surface area contributed by atoms with Gasteiger partial charge in [0.15, 0.2) is 0 Å². The number of carbonyl (C=O) groups is 1. The number of methoxy groups -OCH3 is 1. The molecular weight excluding hydrogens is 182 g/mol. The molecule has 14 heavy (non-hydrogen) atoms. The number of β-amino-alcohol motifs (C(OH)–C–C–N with tert-alkyl or cyclic N) is 1. The lowest BCUT2D eigenvalue weighted by molar-refractivity contribution is -0.142. The van der Waals surface area contributed by atoms with Crippen molar-refractivity contribution in [3.8, 4) is 0 Å². The van der Waals surface area contributed by atoms with Gasteiger partial charge in [0.1, 0.15) is 0 Å². The summed E-state index contributed by atoms with van der Waals surface area (Å²) in [5.41, 5.74) is 0. The molecule has 1 atom stereocenters. The van der Waals surface area contributed by atoms with Crippen molar-refractivity contribution >= 4 is 5.97 Å². The van der Waals surface area contributed by atoms with Gasteiger partial charge in [0.25, 0.3) is 0 Å². The summed E-state index contributed by atoms with van der Waals surface area (Å²) in [5.74, 6) is -0.153. The molecule has 0 amide bonds. The average molecular weight is 201 g/mol. The Hall–Kier alpha value is -0.610. The molecule has 4 nitrogen and oxygen atoms in total. The minimum Gasteiger partial charge on any atom is -0.469 e. The van der Waals surface area contributed by atoms with Gasteiger partial charge >= 0.3 is 5.97 Å². The standard InChI is InChI=1S/C10H19NO3/c1-14-10(13)8-9-4-2-3-5-11(9)6-7-12/h9,12H,2-8H2,1H3. The SMILES string of the molecule is COC(=O)CC1CCCCN1CCO. The number of likely N-dealkylation sites (tertiary alicyclic amines) is 1. The van der Waals surface area contributed by atoms with E-state index in [9.17, 15) is 4.79 Å². The second-order valence-electron chi connectivity index (χ2n) is 3.69. The van der Waals surface area contributed by atoms with Crippen LogP contribution in [0.1, 0.15) is 25.7 Å². The lowest BCUT2D eigenvalue weighted by Gasteiger charge is -2.34. The number of esters is 1. The summed E-state index contributed by atoms with van der Waals surface area (Å²) in [6, 6.07) is 0.267. The zero-order chi connectivity index (χ0) is 10.4. The molecule has 0 aliphatic carbocycles. The molecule has 0 aromatic carbocycles. The van der Waals surface area contributed by atoms with E-state index in [2.05, 4.69) is 9.64 Å². The van der Waals surface area contributed by atoms with E-state index in [1.54, 1.807) is 0 Å². The van der Waals surface area contributed by atoms with E-state index in [1.807, 2.05) is 0 Å². The van der Waals surface area contributed by atoms with Gasteiger partial charge in [0.05, 0.1) is 20.1 Å². The first kappa shape index (κ1) is 11.5. The topological polar surface area (TPSA) is 49.8 Å². The second-order valence-corrected chi connectivity index (χ2v) is 3.69. The molecule has 0 saturated carbocycles. The van der Waals surface area contributed by atoms with Gasteiger partial charge in [0, 0.05) is 12.6 Å². The maximum atomic E-state index is 11.1. The minimum absolute atomic E-state index is 0.153. The number of aliphatic hydroxyl groups excluding tert-OH is 1. The second kappa shape index (κ2) is 5.98. The highest BCUT2D eigenvalue weighted by Gasteiger charge is 2.24. The van der Waals surface area contributed by atoms with E-state index in [-0.39, 0.29) is 18.6 Å². The number of ether oxygens (including phenoxy) is 1. The summed E-state index contributed by atoms with van der Waals surface area (Å²) in [5, 5.41) is 8.87. The van der Waals surface area contributed by atoms with Crippen LogP contribution in [0.5, 0.6) is 0 Å². The van der Waals surface area contributed by atoms with Gasteiger partial charge in [0.2, 0.25) is 0 Å². The van der Waals surface area contributed by atoms with E-state index in [1.165, 1.54) is 13.5 Å². The van der Waals surface area contributed by atoms with Crippen LogP contribution in [0.15, 0.2) is 0 Å². The van der Waals surface area contributed by atoms with Crippen LogP contribution in [0.25, 0.3) is 0 Å². The molecule has 1 aliphatic rings. The molecule has 1 heterocycles. The molecule has 1 aliphatic heterocycles. The zero-order valence-corrected chi connectivity index (χ0v) is 8.74. The smallest absolute Gasteiger partial charge is 0.307 e. The van der Waals surface area contributed by atoms with Gasteiger partial charge in [-0.3, -0.25) is 9.69 Å². The molecule has 4 heteroatoms. The molecule has 0 aromatic rings. The predicted octanol–water partition coefficient (Wildman–Crippen LogP) is 0.396. The van der Waals surface area contributed by atoms with Crippen molar-refractivity contribution in [2.24, 2.45) is 0 Å². The van der Waals surface area contributed by atoms with Gasteiger partial charge < -0.3 is 9.84 Å². The first-order valence-corrected chi connectivity index (χ1v) is 5.19. The minimum atomic E-state index is -0.153.